The minimum Gasteiger partial charge on any atom is -0.485 e. The fraction of sp³-hybridized carbons (Fsp3) is 0.256. The van der Waals surface area contributed by atoms with E-state index in [0.717, 1.165) is 11.1 Å². The molecule has 6 heterocycles. The monoisotopic (exact) mass is 788 g/mol. The van der Waals surface area contributed by atoms with Gasteiger partial charge in [-0.05, 0) is 77.8 Å². The second-order valence-corrected chi connectivity index (χ2v) is 13.8. The maximum atomic E-state index is 14.0. The molecule has 8 rings (SSSR count). The first-order valence-electron chi connectivity index (χ1n) is 17.8. The highest BCUT2D eigenvalue weighted by molar-refractivity contribution is 5.95. The molecule has 0 unspecified atom stereocenters. The van der Waals surface area contributed by atoms with E-state index in [1.54, 1.807) is 52.5 Å². The molecule has 1 amide bonds. The quantitative estimate of drug-likeness (QED) is 0.213. The molecule has 2 aromatic carbocycles. The zero-order valence-corrected chi connectivity index (χ0v) is 32.2. The number of aryl methyl sites for hydroxylation is 2. The van der Waals surface area contributed by atoms with Crippen molar-refractivity contribution in [2.75, 3.05) is 25.6 Å². The van der Waals surface area contributed by atoms with Gasteiger partial charge in [0.1, 0.15) is 24.3 Å². The molecule has 19 heteroatoms. The summed E-state index contributed by atoms with van der Waals surface area (Å²) >= 11 is 0. The van der Waals surface area contributed by atoms with Gasteiger partial charge in [0.25, 0.3) is 5.91 Å². The van der Waals surface area contributed by atoms with E-state index in [1.807, 2.05) is 7.05 Å². The van der Waals surface area contributed by atoms with Crippen molar-refractivity contribution in [1.82, 2.24) is 39.6 Å². The number of aromatic nitrogens is 8. The van der Waals surface area contributed by atoms with Crippen molar-refractivity contribution in [3.05, 3.63) is 106 Å². The Morgan fingerprint density at radius 2 is 1.34 bits per heavy atom. The van der Waals surface area contributed by atoms with Crippen LogP contribution in [0.1, 0.15) is 51.5 Å². The van der Waals surface area contributed by atoms with Crippen molar-refractivity contribution in [3.8, 4) is 46.4 Å². The normalized spacial score (nSPS) is 15.0. The van der Waals surface area contributed by atoms with Gasteiger partial charge in [0, 0.05) is 58.8 Å². The second kappa shape index (κ2) is 15.6. The van der Waals surface area contributed by atoms with Gasteiger partial charge in [-0.2, -0.15) is 0 Å². The van der Waals surface area contributed by atoms with Crippen LogP contribution in [0.2, 0.25) is 0 Å². The van der Waals surface area contributed by atoms with Gasteiger partial charge in [-0.1, -0.05) is 25.0 Å². The molecule has 0 spiro atoms. The summed E-state index contributed by atoms with van der Waals surface area (Å²) in [6.07, 6.45) is 6.63. The van der Waals surface area contributed by atoms with Crippen molar-refractivity contribution in [2.24, 2.45) is 14.1 Å². The molecule has 58 heavy (non-hydrogen) atoms. The number of nitrogen functional groups attached to an aromatic ring is 2. The largest absolute Gasteiger partial charge is 0.485 e. The van der Waals surface area contributed by atoms with Crippen molar-refractivity contribution in [3.63, 3.8) is 0 Å². The number of amides is 1. The Labute approximate surface area is 331 Å². The first-order valence-corrected chi connectivity index (χ1v) is 17.8. The summed E-state index contributed by atoms with van der Waals surface area (Å²) in [5.74, 6) is -0.122. The van der Waals surface area contributed by atoms with E-state index in [-0.39, 0.29) is 42.3 Å². The molecule has 1 atom stereocenters. The van der Waals surface area contributed by atoms with Gasteiger partial charge in [0.05, 0.1) is 27.2 Å². The van der Waals surface area contributed by atoms with Gasteiger partial charge in [-0.3, -0.25) is 9.69 Å². The van der Waals surface area contributed by atoms with Crippen molar-refractivity contribution >= 4 is 17.5 Å². The van der Waals surface area contributed by atoms with E-state index in [4.69, 9.17) is 20.9 Å². The van der Waals surface area contributed by atoms with Crippen LogP contribution in [0.15, 0.2) is 60.9 Å². The van der Waals surface area contributed by atoms with E-state index >= 15 is 0 Å². The summed E-state index contributed by atoms with van der Waals surface area (Å²) in [4.78, 5) is 27.9. The van der Waals surface area contributed by atoms with E-state index in [9.17, 15) is 24.1 Å². The number of carbonyl (C=O) groups is 1. The summed E-state index contributed by atoms with van der Waals surface area (Å²) in [6, 6.07) is 12.0. The molecule has 0 saturated heterocycles. The summed E-state index contributed by atoms with van der Waals surface area (Å²) in [5.41, 5.74) is 17.9. The van der Waals surface area contributed by atoms with Gasteiger partial charge >= 0.3 is 12.4 Å². The van der Waals surface area contributed by atoms with Gasteiger partial charge in [0.2, 0.25) is 5.69 Å². The van der Waals surface area contributed by atoms with Crippen LogP contribution in [-0.2, 0) is 40.3 Å². The van der Waals surface area contributed by atoms with Crippen molar-refractivity contribution in [2.45, 2.75) is 39.3 Å². The third-order valence-corrected chi connectivity index (χ3v) is 9.71. The Morgan fingerprint density at radius 1 is 0.776 bits per heavy atom. The number of nitrogens with two attached hydrogens (primary N) is 2. The average molecular weight is 789 g/mol. The number of anilines is 2. The lowest BCUT2D eigenvalue weighted by Crippen LogP contribution is -2.39. The van der Waals surface area contributed by atoms with Crippen LogP contribution in [0, 0.1) is 34.5 Å². The molecule has 17 nitrogen and oxygen atoms in total. The number of halogens is 2. The Bertz CT molecular complexity index is 2680. The lowest BCUT2D eigenvalue weighted by molar-refractivity contribution is -0.669. The molecule has 2 aliphatic heterocycles. The van der Waals surface area contributed by atoms with Crippen molar-refractivity contribution in [1.29, 1.82) is 10.5 Å². The predicted molar refractivity (Wildman–Crippen MR) is 201 cm³/mol. The van der Waals surface area contributed by atoms with E-state index in [2.05, 4.69) is 37.5 Å². The first-order chi connectivity index (χ1) is 27.8. The van der Waals surface area contributed by atoms with Crippen LogP contribution in [0.4, 0.5) is 20.4 Å². The molecule has 0 aliphatic carbocycles. The number of nitriles is 2. The molecule has 294 valence electrons. The number of hydrogen-bond acceptors (Lipinski definition) is 12. The zero-order valence-electron chi connectivity index (χ0n) is 32.2. The van der Waals surface area contributed by atoms with Gasteiger partial charge in [-0.25, -0.2) is 18.7 Å². The highest BCUT2D eigenvalue weighted by Gasteiger charge is 2.31. The molecule has 4 bridgehead atoms. The lowest BCUT2D eigenvalue weighted by Gasteiger charge is -2.23. The van der Waals surface area contributed by atoms with E-state index in [0.29, 0.717) is 63.9 Å². The number of benzene rings is 2. The summed E-state index contributed by atoms with van der Waals surface area (Å²) in [7, 11) is 6.89. The standard InChI is InChI=1S/C20H18FN7O2.C19H18FN7O/c1-11-15-7-13(21)4-5-14(15)20(29)26(2)9-16-18(28(10-22)27(3)25-16)12-6-17(30-11)19(23)24-8-12;1-25-8-12-3-4-15(20)5-14(12)10-28-17-6-13(7-23-19(17)22)18-16(9-25)24-26(2)27(18)11-21/h4-8,11,23H,9H2,1-3H3;3-7,22H,8-10H2,1-2H3/p+2/t11-;/m1./s1. The lowest BCUT2D eigenvalue weighted by atomic mass is 10.0. The Balaban J connectivity index is 0.000000177. The SMILES string of the molecule is CN1Cc2ccc(F)cc2COc2cc(cnc2N)-c2c(nn(C)[n+]2C#N)C1.C[C@H]1Oc2cc(cnc2N)-c2c(nn(C)[n+]2C#N)CN(C)C(=O)c2ccc(F)cc21. The number of pyridine rings is 2. The fourth-order valence-corrected chi connectivity index (χ4v) is 6.93. The number of rotatable bonds is 0. The molecule has 0 radical (unpaired) electrons. The fourth-order valence-electron chi connectivity index (χ4n) is 6.93. The molecule has 4 aromatic heterocycles. The smallest absolute Gasteiger partial charge is 0.394 e. The van der Waals surface area contributed by atoms with Crippen LogP contribution in [0.5, 0.6) is 11.5 Å². The highest BCUT2D eigenvalue weighted by atomic mass is 19.1. The van der Waals surface area contributed by atoms with Crippen LogP contribution in [0.25, 0.3) is 22.5 Å². The van der Waals surface area contributed by atoms with Gasteiger partial charge in [-0.15, -0.1) is 0 Å². The molecular formula is C39H38F2N14O3+2. The van der Waals surface area contributed by atoms with Crippen LogP contribution in [-0.4, -0.2) is 59.6 Å². The number of carbonyl (C=O) groups excluding carboxylic acids is 1. The average Bonchev–Trinajstić information content (AvgIpc) is 3.68. The molecule has 0 saturated carbocycles. The first kappa shape index (κ1) is 38.8. The van der Waals surface area contributed by atoms with Gasteiger partial charge < -0.3 is 25.8 Å². The number of fused-ring (bicyclic) bond motifs is 10. The maximum Gasteiger partial charge on any atom is 0.394 e. The minimum atomic E-state index is -0.678. The van der Waals surface area contributed by atoms with Crippen LogP contribution < -0.4 is 30.3 Å². The Kier molecular flexibility index (Phi) is 10.4. The van der Waals surface area contributed by atoms with Crippen molar-refractivity contribution < 1.29 is 32.4 Å². The van der Waals surface area contributed by atoms with Crippen LogP contribution >= 0.6 is 0 Å². The number of hydrogen-bond donors (Lipinski definition) is 2. The predicted octanol–water partition coefficient (Wildman–Crippen LogP) is 2.89. The topological polar surface area (TPSA) is 211 Å². The summed E-state index contributed by atoms with van der Waals surface area (Å²) in [5, 5.41) is 28.1. The number of ether oxygens (including phenoxy) is 2. The molecule has 0 fully saturated rings. The Morgan fingerprint density at radius 3 is 1.98 bits per heavy atom. The van der Waals surface area contributed by atoms with E-state index in [1.165, 1.54) is 60.4 Å². The van der Waals surface area contributed by atoms with Crippen LogP contribution in [0.3, 0.4) is 0 Å². The minimum absolute atomic E-state index is 0.127. The third-order valence-electron chi connectivity index (χ3n) is 9.71. The maximum absolute atomic E-state index is 14.0. The highest BCUT2D eigenvalue weighted by Crippen LogP contribution is 2.34. The molecule has 4 N–H and O–H groups in total. The zero-order chi connectivity index (χ0) is 41.4. The Hall–Kier alpha value is -7.51. The van der Waals surface area contributed by atoms with Gasteiger partial charge in [0.15, 0.2) is 40.2 Å². The molecular weight excluding hydrogens is 751 g/mol. The third kappa shape index (κ3) is 7.41. The number of nitrogens with zero attached hydrogens (tertiary/aromatic N) is 12. The summed E-state index contributed by atoms with van der Waals surface area (Å²) < 4.78 is 42.3. The second-order valence-electron chi connectivity index (χ2n) is 13.8. The molecule has 6 aromatic rings. The summed E-state index contributed by atoms with van der Waals surface area (Å²) in [6.45, 7) is 3.06. The molecule has 2 aliphatic rings. The van der Waals surface area contributed by atoms with E-state index < -0.39 is 11.9 Å².